The molecule has 0 saturated carbocycles. The summed E-state index contributed by atoms with van der Waals surface area (Å²) in [6.45, 7) is 6.23. The summed E-state index contributed by atoms with van der Waals surface area (Å²) in [6, 6.07) is 0.215. The molecule has 6 heteroatoms. The number of hydrogen-bond donors (Lipinski definition) is 1. The predicted octanol–water partition coefficient (Wildman–Crippen LogP) is 1.16. The molecular formula is C12H19N5O. The fourth-order valence-electron chi connectivity index (χ4n) is 1.09. The molecule has 0 spiro atoms. The Hall–Kier alpha value is -2.03. The van der Waals surface area contributed by atoms with Crippen molar-refractivity contribution in [1.82, 2.24) is 15.0 Å². The topological polar surface area (TPSA) is 63.2 Å². The Kier molecular flexibility index (Phi) is 4.32. The summed E-state index contributed by atoms with van der Waals surface area (Å²) >= 11 is 0. The second-order valence-corrected chi connectivity index (χ2v) is 4.42. The molecule has 0 atom stereocenters. The van der Waals surface area contributed by atoms with Crippen LogP contribution in [0.15, 0.2) is 0 Å². The summed E-state index contributed by atoms with van der Waals surface area (Å²) in [5.74, 6) is 3.52. The highest BCUT2D eigenvalue weighted by atomic mass is 16.5. The van der Waals surface area contributed by atoms with E-state index in [-0.39, 0.29) is 6.01 Å². The predicted molar refractivity (Wildman–Crippen MR) is 71.9 cm³/mol. The first-order valence-corrected chi connectivity index (χ1v) is 5.72. The van der Waals surface area contributed by atoms with Crippen molar-refractivity contribution in [2.75, 3.05) is 30.9 Å². The minimum Gasteiger partial charge on any atom is -0.444 e. The van der Waals surface area contributed by atoms with Crippen LogP contribution in [0.3, 0.4) is 0 Å². The largest absolute Gasteiger partial charge is 0.444 e. The van der Waals surface area contributed by atoms with Gasteiger partial charge in [-0.1, -0.05) is 5.92 Å². The molecule has 0 aliphatic carbocycles. The van der Waals surface area contributed by atoms with Gasteiger partial charge >= 0.3 is 6.01 Å². The van der Waals surface area contributed by atoms with E-state index in [1.165, 1.54) is 0 Å². The summed E-state index contributed by atoms with van der Waals surface area (Å²) in [6.07, 6.45) is 5.38. The third kappa shape index (κ3) is 3.77. The van der Waals surface area contributed by atoms with E-state index in [0.717, 1.165) is 6.54 Å². The van der Waals surface area contributed by atoms with Gasteiger partial charge in [0.05, 0.1) is 0 Å². The zero-order valence-electron chi connectivity index (χ0n) is 11.5. The highest BCUT2D eigenvalue weighted by Crippen LogP contribution is 2.17. The van der Waals surface area contributed by atoms with Crippen molar-refractivity contribution >= 4 is 11.9 Å². The second-order valence-electron chi connectivity index (χ2n) is 4.42. The maximum atomic E-state index is 5.56. The number of aromatic nitrogens is 3. The van der Waals surface area contributed by atoms with Crippen LogP contribution in [0, 0.1) is 12.3 Å². The molecule has 0 unspecified atom stereocenters. The summed E-state index contributed by atoms with van der Waals surface area (Å²) < 4.78 is 5.56. The Morgan fingerprint density at radius 3 is 2.50 bits per heavy atom. The molecule has 1 heterocycles. The number of nitrogens with zero attached hydrogens (tertiary/aromatic N) is 4. The standard InChI is InChI=1S/C12H19N5O/c1-7-12(3,4)18-11-15-9(13-8-2)14-10(16-11)17(5)6/h1H,8H2,2-6H3,(H,13,14,15,16). The highest BCUT2D eigenvalue weighted by molar-refractivity contribution is 5.37. The third-order valence-electron chi connectivity index (χ3n) is 2.03. The van der Waals surface area contributed by atoms with E-state index < -0.39 is 5.60 Å². The van der Waals surface area contributed by atoms with Gasteiger partial charge < -0.3 is 15.0 Å². The first-order valence-electron chi connectivity index (χ1n) is 5.72. The van der Waals surface area contributed by atoms with Crippen LogP contribution >= 0.6 is 0 Å². The zero-order chi connectivity index (χ0) is 13.8. The number of terminal acetylenes is 1. The second kappa shape index (κ2) is 5.54. The fourth-order valence-corrected chi connectivity index (χ4v) is 1.09. The zero-order valence-corrected chi connectivity index (χ0v) is 11.5. The normalized spacial score (nSPS) is 10.7. The molecule has 1 aromatic rings. The Morgan fingerprint density at radius 2 is 2.00 bits per heavy atom. The van der Waals surface area contributed by atoms with Crippen LogP contribution in [-0.2, 0) is 0 Å². The molecule has 1 aromatic heterocycles. The maximum absolute atomic E-state index is 5.56. The monoisotopic (exact) mass is 249 g/mol. The molecule has 0 fully saturated rings. The SMILES string of the molecule is C#CC(C)(C)Oc1nc(NCC)nc(N(C)C)n1. The van der Waals surface area contributed by atoms with E-state index in [1.54, 1.807) is 18.7 Å². The molecule has 18 heavy (non-hydrogen) atoms. The molecule has 0 bridgehead atoms. The number of hydrogen-bond acceptors (Lipinski definition) is 6. The molecule has 0 amide bonds. The minimum atomic E-state index is -0.756. The summed E-state index contributed by atoms with van der Waals surface area (Å²) in [4.78, 5) is 14.4. The molecule has 1 N–H and O–H groups in total. The van der Waals surface area contributed by atoms with Gasteiger partial charge in [-0.25, -0.2) is 0 Å². The Morgan fingerprint density at radius 1 is 1.33 bits per heavy atom. The lowest BCUT2D eigenvalue weighted by atomic mass is 10.2. The van der Waals surface area contributed by atoms with Crippen LogP contribution in [0.25, 0.3) is 0 Å². The van der Waals surface area contributed by atoms with Crippen LogP contribution < -0.4 is 15.0 Å². The Balaban J connectivity index is 3.07. The van der Waals surface area contributed by atoms with Crippen molar-refractivity contribution in [2.24, 2.45) is 0 Å². The van der Waals surface area contributed by atoms with E-state index >= 15 is 0 Å². The molecule has 0 radical (unpaired) electrons. The van der Waals surface area contributed by atoms with E-state index in [9.17, 15) is 0 Å². The molecule has 98 valence electrons. The minimum absolute atomic E-state index is 0.215. The van der Waals surface area contributed by atoms with Gasteiger partial charge in [-0.3, -0.25) is 0 Å². The van der Waals surface area contributed by atoms with Crippen LogP contribution in [0.4, 0.5) is 11.9 Å². The number of nitrogens with one attached hydrogen (secondary N) is 1. The van der Waals surface area contributed by atoms with Gasteiger partial charge in [0.2, 0.25) is 11.9 Å². The van der Waals surface area contributed by atoms with Crippen molar-refractivity contribution < 1.29 is 4.74 Å². The van der Waals surface area contributed by atoms with Gasteiger partial charge in [-0.2, -0.15) is 15.0 Å². The number of anilines is 2. The van der Waals surface area contributed by atoms with Crippen molar-refractivity contribution in [3.8, 4) is 18.4 Å². The maximum Gasteiger partial charge on any atom is 0.324 e. The molecule has 0 aliphatic rings. The summed E-state index contributed by atoms with van der Waals surface area (Å²) in [7, 11) is 3.70. The molecule has 0 aromatic carbocycles. The van der Waals surface area contributed by atoms with Gasteiger partial charge in [0.15, 0.2) is 5.60 Å². The smallest absolute Gasteiger partial charge is 0.324 e. The average molecular weight is 249 g/mol. The average Bonchev–Trinajstić information content (AvgIpc) is 2.28. The third-order valence-corrected chi connectivity index (χ3v) is 2.03. The molecule has 6 nitrogen and oxygen atoms in total. The van der Waals surface area contributed by atoms with Crippen molar-refractivity contribution in [3.05, 3.63) is 0 Å². The first kappa shape index (κ1) is 14.0. The van der Waals surface area contributed by atoms with Gasteiger partial charge in [0.1, 0.15) is 0 Å². The molecule has 0 aliphatic heterocycles. The highest BCUT2D eigenvalue weighted by Gasteiger charge is 2.19. The van der Waals surface area contributed by atoms with Gasteiger partial charge in [0.25, 0.3) is 0 Å². The fraction of sp³-hybridized carbons (Fsp3) is 0.583. The van der Waals surface area contributed by atoms with Crippen LogP contribution in [0.2, 0.25) is 0 Å². The number of rotatable bonds is 5. The van der Waals surface area contributed by atoms with E-state index in [1.807, 2.05) is 21.0 Å². The van der Waals surface area contributed by atoms with Gasteiger partial charge in [-0.15, -0.1) is 6.42 Å². The van der Waals surface area contributed by atoms with E-state index in [2.05, 4.69) is 26.2 Å². The number of ether oxygens (including phenoxy) is 1. The van der Waals surface area contributed by atoms with Crippen LogP contribution in [0.5, 0.6) is 6.01 Å². The van der Waals surface area contributed by atoms with E-state index in [4.69, 9.17) is 11.2 Å². The summed E-state index contributed by atoms with van der Waals surface area (Å²) in [5.41, 5.74) is -0.756. The lowest BCUT2D eigenvalue weighted by Gasteiger charge is -2.20. The quantitative estimate of drug-likeness (QED) is 0.790. The molecular weight excluding hydrogens is 230 g/mol. The van der Waals surface area contributed by atoms with Gasteiger partial charge in [-0.05, 0) is 20.8 Å². The van der Waals surface area contributed by atoms with Crippen LogP contribution in [0.1, 0.15) is 20.8 Å². The summed E-state index contributed by atoms with van der Waals surface area (Å²) in [5, 5.41) is 3.03. The Labute approximate surface area is 108 Å². The molecule has 0 saturated heterocycles. The molecule has 1 rings (SSSR count). The van der Waals surface area contributed by atoms with Gasteiger partial charge in [0, 0.05) is 20.6 Å². The van der Waals surface area contributed by atoms with E-state index in [0.29, 0.717) is 11.9 Å². The van der Waals surface area contributed by atoms with Crippen LogP contribution in [-0.4, -0.2) is 41.2 Å². The first-order chi connectivity index (χ1) is 8.38. The van der Waals surface area contributed by atoms with Crippen molar-refractivity contribution in [1.29, 1.82) is 0 Å². The lowest BCUT2D eigenvalue weighted by molar-refractivity contribution is 0.156. The lowest BCUT2D eigenvalue weighted by Crippen LogP contribution is -2.27. The van der Waals surface area contributed by atoms with Crippen molar-refractivity contribution in [3.63, 3.8) is 0 Å². The van der Waals surface area contributed by atoms with Crippen molar-refractivity contribution in [2.45, 2.75) is 26.4 Å². The Bertz CT molecular complexity index is 450.